The van der Waals surface area contributed by atoms with Crippen LogP contribution in [0, 0.1) is 5.92 Å². The van der Waals surface area contributed by atoms with Crippen molar-refractivity contribution in [1.29, 1.82) is 0 Å². The lowest BCUT2D eigenvalue weighted by atomic mass is 9.94. The highest BCUT2D eigenvalue weighted by Crippen LogP contribution is 2.35. The number of anilines is 1. The van der Waals surface area contributed by atoms with Crippen molar-refractivity contribution in [1.82, 2.24) is 10.2 Å². The zero-order chi connectivity index (χ0) is 21.8. The highest BCUT2D eigenvalue weighted by Gasteiger charge is 2.38. The Labute approximate surface area is 181 Å². The average Bonchev–Trinajstić information content (AvgIpc) is 3.36. The molecule has 0 spiro atoms. The molecule has 3 heterocycles. The zero-order valence-electron chi connectivity index (χ0n) is 17.6. The largest absolute Gasteiger partial charge is 0.477 e. The number of rotatable bonds is 5. The standard InChI is InChI=1S/C23H27N3O5/c1-2-11-24-21(27)20-15-26(17-6-3-4-7-18(17)31-20)22(28)16-9-12-25(13-10-16)23(29)19-8-5-14-30-19/h3-8,14,16,20H,2,9-13,15H2,1H3,(H,24,27). The first-order valence-electron chi connectivity index (χ1n) is 10.8. The Morgan fingerprint density at radius 1 is 1.10 bits per heavy atom. The number of nitrogens with one attached hydrogen (secondary N) is 1. The predicted molar refractivity (Wildman–Crippen MR) is 114 cm³/mol. The number of furan rings is 1. The van der Waals surface area contributed by atoms with E-state index in [2.05, 4.69) is 5.32 Å². The number of hydrogen-bond acceptors (Lipinski definition) is 5. The number of ether oxygens (including phenoxy) is 1. The maximum atomic E-state index is 13.4. The molecule has 8 heteroatoms. The van der Waals surface area contributed by atoms with Gasteiger partial charge in [-0.15, -0.1) is 0 Å². The molecule has 1 aromatic heterocycles. The number of fused-ring (bicyclic) bond motifs is 1. The maximum Gasteiger partial charge on any atom is 0.289 e. The second kappa shape index (κ2) is 9.24. The van der Waals surface area contributed by atoms with Crippen LogP contribution in [0.4, 0.5) is 5.69 Å². The van der Waals surface area contributed by atoms with Crippen molar-refractivity contribution in [2.24, 2.45) is 5.92 Å². The summed E-state index contributed by atoms with van der Waals surface area (Å²) in [4.78, 5) is 41.8. The Morgan fingerprint density at radius 2 is 1.87 bits per heavy atom. The molecule has 1 fully saturated rings. The first-order valence-corrected chi connectivity index (χ1v) is 10.8. The van der Waals surface area contributed by atoms with Crippen LogP contribution in [0.5, 0.6) is 5.75 Å². The molecule has 1 atom stereocenters. The number of likely N-dealkylation sites (tertiary alicyclic amines) is 1. The first kappa shape index (κ1) is 21.0. The summed E-state index contributed by atoms with van der Waals surface area (Å²) in [6, 6.07) is 10.6. The molecular weight excluding hydrogens is 398 g/mol. The van der Waals surface area contributed by atoms with Crippen molar-refractivity contribution in [3.05, 3.63) is 48.4 Å². The number of benzene rings is 1. The van der Waals surface area contributed by atoms with E-state index in [0.29, 0.717) is 49.7 Å². The number of hydrogen-bond donors (Lipinski definition) is 1. The molecule has 164 valence electrons. The van der Waals surface area contributed by atoms with E-state index in [1.807, 2.05) is 25.1 Å². The molecule has 3 amide bonds. The van der Waals surface area contributed by atoms with Gasteiger partial charge in [0.15, 0.2) is 11.9 Å². The summed E-state index contributed by atoms with van der Waals surface area (Å²) in [7, 11) is 0. The van der Waals surface area contributed by atoms with Crippen LogP contribution in [0.1, 0.15) is 36.7 Å². The number of nitrogens with zero attached hydrogens (tertiary/aromatic N) is 2. The van der Waals surface area contributed by atoms with E-state index < -0.39 is 6.10 Å². The third-order valence-corrected chi connectivity index (χ3v) is 5.74. The number of carbonyl (C=O) groups excluding carboxylic acids is 3. The van der Waals surface area contributed by atoms with Gasteiger partial charge in [-0.1, -0.05) is 19.1 Å². The SMILES string of the molecule is CCCNC(=O)C1CN(C(=O)C2CCN(C(=O)c3ccco3)CC2)c2ccccc2O1. The molecule has 0 radical (unpaired) electrons. The Hall–Kier alpha value is -3.29. The van der Waals surface area contributed by atoms with Crippen molar-refractivity contribution in [2.45, 2.75) is 32.3 Å². The van der Waals surface area contributed by atoms with Crippen LogP contribution in [0.25, 0.3) is 0 Å². The molecular formula is C23H27N3O5. The zero-order valence-corrected chi connectivity index (χ0v) is 17.6. The number of amides is 3. The molecule has 1 unspecified atom stereocenters. The summed E-state index contributed by atoms with van der Waals surface area (Å²) in [5.41, 5.74) is 0.682. The summed E-state index contributed by atoms with van der Waals surface area (Å²) in [5, 5.41) is 2.85. The van der Waals surface area contributed by atoms with Gasteiger partial charge in [-0.25, -0.2) is 0 Å². The highest BCUT2D eigenvalue weighted by molar-refractivity contribution is 5.99. The van der Waals surface area contributed by atoms with Gasteiger partial charge in [0.05, 0.1) is 18.5 Å². The van der Waals surface area contributed by atoms with Gasteiger partial charge >= 0.3 is 0 Å². The van der Waals surface area contributed by atoms with Crippen LogP contribution in [0.2, 0.25) is 0 Å². The first-order chi connectivity index (χ1) is 15.1. The lowest BCUT2D eigenvalue weighted by Crippen LogP contribution is -2.53. The average molecular weight is 425 g/mol. The third kappa shape index (κ3) is 4.42. The molecule has 0 saturated carbocycles. The van der Waals surface area contributed by atoms with Gasteiger partial charge in [-0.3, -0.25) is 14.4 Å². The Kier molecular flexibility index (Phi) is 6.25. The molecule has 2 aliphatic heterocycles. The third-order valence-electron chi connectivity index (χ3n) is 5.74. The van der Waals surface area contributed by atoms with Gasteiger partial charge in [-0.2, -0.15) is 0 Å². The molecule has 2 aliphatic rings. The molecule has 1 aromatic carbocycles. The number of carbonyl (C=O) groups is 3. The Morgan fingerprint density at radius 3 is 2.58 bits per heavy atom. The van der Waals surface area contributed by atoms with E-state index in [1.165, 1.54) is 6.26 Å². The van der Waals surface area contributed by atoms with Crippen LogP contribution in [-0.2, 0) is 9.59 Å². The Balaban J connectivity index is 1.44. The monoisotopic (exact) mass is 425 g/mol. The lowest BCUT2D eigenvalue weighted by Gasteiger charge is -2.38. The fourth-order valence-electron chi connectivity index (χ4n) is 4.05. The summed E-state index contributed by atoms with van der Waals surface area (Å²) < 4.78 is 11.1. The minimum atomic E-state index is -0.744. The fraction of sp³-hybridized carbons (Fsp3) is 0.435. The molecule has 1 saturated heterocycles. The van der Waals surface area contributed by atoms with Crippen LogP contribution in [0.15, 0.2) is 47.1 Å². The fourth-order valence-corrected chi connectivity index (χ4v) is 4.05. The normalized spacial score (nSPS) is 18.8. The minimum absolute atomic E-state index is 0.0332. The summed E-state index contributed by atoms with van der Waals surface area (Å²) in [6.45, 7) is 3.70. The van der Waals surface area contributed by atoms with E-state index in [0.717, 1.165) is 6.42 Å². The summed E-state index contributed by atoms with van der Waals surface area (Å²) >= 11 is 0. The highest BCUT2D eigenvalue weighted by atomic mass is 16.5. The topological polar surface area (TPSA) is 92.1 Å². The maximum absolute atomic E-state index is 13.4. The van der Waals surface area contributed by atoms with Crippen molar-refractivity contribution < 1.29 is 23.5 Å². The van der Waals surface area contributed by atoms with Crippen molar-refractivity contribution >= 4 is 23.4 Å². The van der Waals surface area contributed by atoms with E-state index in [1.54, 1.807) is 28.0 Å². The second-order valence-electron chi connectivity index (χ2n) is 7.86. The van der Waals surface area contributed by atoms with Crippen molar-refractivity contribution in [3.8, 4) is 5.75 Å². The van der Waals surface area contributed by atoms with Crippen LogP contribution < -0.4 is 15.0 Å². The van der Waals surface area contributed by atoms with Crippen molar-refractivity contribution in [2.75, 3.05) is 31.1 Å². The smallest absolute Gasteiger partial charge is 0.289 e. The molecule has 4 rings (SSSR count). The van der Waals surface area contributed by atoms with Gasteiger partial charge < -0.3 is 24.3 Å². The minimum Gasteiger partial charge on any atom is -0.477 e. The van der Waals surface area contributed by atoms with Crippen molar-refractivity contribution in [3.63, 3.8) is 0 Å². The van der Waals surface area contributed by atoms with Gasteiger partial charge in [0.2, 0.25) is 5.91 Å². The van der Waals surface area contributed by atoms with Gasteiger partial charge in [0, 0.05) is 25.6 Å². The molecule has 8 nitrogen and oxygen atoms in total. The second-order valence-corrected chi connectivity index (χ2v) is 7.86. The molecule has 0 bridgehead atoms. The van der Waals surface area contributed by atoms with Crippen LogP contribution >= 0.6 is 0 Å². The van der Waals surface area contributed by atoms with Gasteiger partial charge in [-0.05, 0) is 43.5 Å². The predicted octanol–water partition coefficient (Wildman–Crippen LogP) is 2.45. The van der Waals surface area contributed by atoms with E-state index >= 15 is 0 Å². The van der Waals surface area contributed by atoms with E-state index in [4.69, 9.17) is 9.15 Å². The number of piperidine rings is 1. The Bertz CT molecular complexity index is 934. The van der Waals surface area contributed by atoms with E-state index in [9.17, 15) is 14.4 Å². The quantitative estimate of drug-likeness (QED) is 0.795. The van der Waals surface area contributed by atoms with E-state index in [-0.39, 0.29) is 30.2 Å². The van der Waals surface area contributed by atoms with Crippen LogP contribution in [0.3, 0.4) is 0 Å². The molecule has 31 heavy (non-hydrogen) atoms. The molecule has 1 N–H and O–H groups in total. The van der Waals surface area contributed by atoms with Crippen LogP contribution in [-0.4, -0.2) is 54.9 Å². The molecule has 0 aliphatic carbocycles. The van der Waals surface area contributed by atoms with Gasteiger partial charge in [0.25, 0.3) is 11.8 Å². The number of para-hydroxylation sites is 2. The molecule has 2 aromatic rings. The van der Waals surface area contributed by atoms with Gasteiger partial charge in [0.1, 0.15) is 5.75 Å². The summed E-state index contributed by atoms with van der Waals surface area (Å²) in [5.74, 6) is 0.227. The lowest BCUT2D eigenvalue weighted by molar-refractivity contribution is -0.129. The summed E-state index contributed by atoms with van der Waals surface area (Å²) in [6.07, 6.45) is 2.69.